The van der Waals surface area contributed by atoms with Crippen molar-refractivity contribution >= 4 is 22.6 Å². The topological polar surface area (TPSA) is 0 Å². The Morgan fingerprint density at radius 2 is 1.93 bits per heavy atom. The van der Waals surface area contributed by atoms with E-state index in [4.69, 9.17) is 0 Å². The predicted octanol–water partition coefficient (Wildman–Crippen LogP) is 4.68. The molecule has 0 heterocycles. The van der Waals surface area contributed by atoms with E-state index in [0.717, 1.165) is 6.42 Å². The van der Waals surface area contributed by atoms with Crippen molar-refractivity contribution in [2.45, 2.75) is 46.5 Å². The molecule has 1 unspecified atom stereocenters. The number of halogens is 1. The third-order valence-corrected chi connectivity index (χ3v) is 4.24. The van der Waals surface area contributed by atoms with Crippen LogP contribution in [-0.2, 0) is 6.42 Å². The van der Waals surface area contributed by atoms with Crippen LogP contribution < -0.4 is 0 Å². The average molecular weight is 302 g/mol. The van der Waals surface area contributed by atoms with Crippen LogP contribution in [0.25, 0.3) is 0 Å². The number of hydrogen-bond acceptors (Lipinski definition) is 0. The van der Waals surface area contributed by atoms with Crippen LogP contribution in [0.15, 0.2) is 12.1 Å². The molecule has 0 fully saturated rings. The summed E-state index contributed by atoms with van der Waals surface area (Å²) in [5, 5.41) is 0. The molecule has 0 aliphatic rings. The van der Waals surface area contributed by atoms with Gasteiger partial charge in [0.2, 0.25) is 0 Å². The van der Waals surface area contributed by atoms with E-state index in [-0.39, 0.29) is 0 Å². The number of aryl methyl sites for hydroxylation is 2. The van der Waals surface area contributed by atoms with Crippen molar-refractivity contribution in [2.75, 3.05) is 0 Å². The Hall–Kier alpha value is -0.0500. The summed E-state index contributed by atoms with van der Waals surface area (Å²) in [6.07, 6.45) is 2.37. The summed E-state index contributed by atoms with van der Waals surface area (Å²) in [5.74, 6) is 0.688. The first-order valence-corrected chi connectivity index (χ1v) is 6.47. The molecule has 0 saturated carbocycles. The quantitative estimate of drug-likeness (QED) is 0.711. The maximum Gasteiger partial charge on any atom is 0.0199 e. The Morgan fingerprint density at radius 3 is 2.43 bits per heavy atom. The summed E-state index contributed by atoms with van der Waals surface area (Å²) in [6.45, 7) is 9.04. The Labute approximate surface area is 101 Å². The molecule has 1 atom stereocenters. The summed E-state index contributed by atoms with van der Waals surface area (Å²) < 4.78 is 1.49. The lowest BCUT2D eigenvalue weighted by Crippen LogP contribution is -2.01. The maximum absolute atomic E-state index is 2.51. The zero-order chi connectivity index (χ0) is 10.7. The molecule has 0 bridgehead atoms. The largest absolute Gasteiger partial charge is 0.0648 e. The van der Waals surface area contributed by atoms with E-state index in [2.05, 4.69) is 62.4 Å². The van der Waals surface area contributed by atoms with Crippen molar-refractivity contribution in [2.24, 2.45) is 0 Å². The minimum atomic E-state index is 0.688. The van der Waals surface area contributed by atoms with Gasteiger partial charge in [0.05, 0.1) is 0 Å². The first kappa shape index (κ1) is 12.0. The molecule has 1 aromatic rings. The molecule has 0 aliphatic heterocycles. The molecule has 0 N–H and O–H groups in total. The van der Waals surface area contributed by atoms with Gasteiger partial charge in [0.1, 0.15) is 0 Å². The fraction of sp³-hybridized carbons (Fsp3) is 0.538. The lowest BCUT2D eigenvalue weighted by atomic mass is 9.92. The van der Waals surface area contributed by atoms with Gasteiger partial charge in [0.25, 0.3) is 0 Å². The maximum atomic E-state index is 2.51. The summed E-state index contributed by atoms with van der Waals surface area (Å²) in [6, 6.07) is 4.53. The van der Waals surface area contributed by atoms with Crippen LogP contribution in [0.2, 0.25) is 0 Å². The van der Waals surface area contributed by atoms with E-state index >= 15 is 0 Å². The third kappa shape index (κ3) is 2.30. The molecular formula is C13H19I. The number of hydrogen-bond donors (Lipinski definition) is 0. The van der Waals surface area contributed by atoms with Crippen LogP contribution in [0, 0.1) is 10.5 Å². The van der Waals surface area contributed by atoms with Gasteiger partial charge in [0, 0.05) is 3.57 Å². The van der Waals surface area contributed by atoms with Crippen LogP contribution in [0.5, 0.6) is 0 Å². The zero-order valence-electron chi connectivity index (χ0n) is 9.52. The lowest BCUT2D eigenvalue weighted by molar-refractivity contribution is 0.722. The molecule has 14 heavy (non-hydrogen) atoms. The molecule has 0 amide bonds. The zero-order valence-corrected chi connectivity index (χ0v) is 11.7. The minimum Gasteiger partial charge on any atom is -0.0648 e. The molecule has 0 aromatic heterocycles. The van der Waals surface area contributed by atoms with E-state index in [1.165, 1.54) is 21.1 Å². The van der Waals surface area contributed by atoms with E-state index < -0.39 is 0 Å². The first-order valence-electron chi connectivity index (χ1n) is 5.39. The Bertz CT molecular complexity index is 315. The fourth-order valence-electron chi connectivity index (χ4n) is 1.82. The second kappa shape index (κ2) is 5.15. The second-order valence-corrected chi connectivity index (χ2v) is 5.01. The molecular weight excluding hydrogens is 283 g/mol. The summed E-state index contributed by atoms with van der Waals surface area (Å²) in [7, 11) is 0. The molecule has 0 radical (unpaired) electrons. The molecule has 0 nitrogen and oxygen atoms in total. The van der Waals surface area contributed by atoms with Gasteiger partial charge >= 0.3 is 0 Å². The predicted molar refractivity (Wildman–Crippen MR) is 72.0 cm³/mol. The molecule has 1 rings (SSSR count). The molecule has 0 aliphatic carbocycles. The van der Waals surface area contributed by atoms with Crippen LogP contribution in [0.1, 0.15) is 49.8 Å². The van der Waals surface area contributed by atoms with Crippen molar-refractivity contribution in [3.63, 3.8) is 0 Å². The van der Waals surface area contributed by atoms with Gasteiger partial charge in [0.15, 0.2) is 0 Å². The second-order valence-electron chi connectivity index (χ2n) is 3.93. The van der Waals surface area contributed by atoms with Crippen LogP contribution in [0.4, 0.5) is 0 Å². The van der Waals surface area contributed by atoms with Crippen molar-refractivity contribution in [3.8, 4) is 0 Å². The Morgan fingerprint density at radius 1 is 1.29 bits per heavy atom. The third-order valence-electron chi connectivity index (χ3n) is 2.96. The molecule has 1 heteroatoms. The standard InChI is InChI=1S/C13H19I/c1-5-9(3)12-10(4)7-8-11(6-2)13(12)14/h7-9H,5-6H2,1-4H3. The normalized spacial score (nSPS) is 12.9. The lowest BCUT2D eigenvalue weighted by Gasteiger charge is -2.17. The number of benzene rings is 1. The van der Waals surface area contributed by atoms with Crippen molar-refractivity contribution in [3.05, 3.63) is 32.4 Å². The van der Waals surface area contributed by atoms with Crippen LogP contribution >= 0.6 is 22.6 Å². The van der Waals surface area contributed by atoms with Gasteiger partial charge in [-0.15, -0.1) is 0 Å². The molecule has 1 aromatic carbocycles. The summed E-state index contributed by atoms with van der Waals surface area (Å²) >= 11 is 2.51. The number of rotatable bonds is 3. The van der Waals surface area contributed by atoms with Crippen LogP contribution in [0.3, 0.4) is 0 Å². The monoisotopic (exact) mass is 302 g/mol. The van der Waals surface area contributed by atoms with Gasteiger partial charge in [-0.25, -0.2) is 0 Å². The Balaban J connectivity index is 3.25. The minimum absolute atomic E-state index is 0.688. The average Bonchev–Trinajstić information content (AvgIpc) is 2.18. The summed E-state index contributed by atoms with van der Waals surface area (Å²) in [5.41, 5.74) is 4.50. The van der Waals surface area contributed by atoms with Gasteiger partial charge < -0.3 is 0 Å². The molecule has 78 valence electrons. The van der Waals surface area contributed by atoms with Crippen molar-refractivity contribution < 1.29 is 0 Å². The van der Waals surface area contributed by atoms with Crippen LogP contribution in [-0.4, -0.2) is 0 Å². The highest BCUT2D eigenvalue weighted by Gasteiger charge is 2.12. The van der Waals surface area contributed by atoms with Gasteiger partial charge in [-0.3, -0.25) is 0 Å². The smallest absolute Gasteiger partial charge is 0.0199 e. The van der Waals surface area contributed by atoms with Gasteiger partial charge in [-0.05, 0) is 65.0 Å². The Kier molecular flexibility index (Phi) is 4.42. The van der Waals surface area contributed by atoms with E-state index in [9.17, 15) is 0 Å². The fourth-order valence-corrected chi connectivity index (χ4v) is 3.33. The van der Waals surface area contributed by atoms with E-state index in [1.54, 1.807) is 5.56 Å². The van der Waals surface area contributed by atoms with E-state index in [0.29, 0.717) is 5.92 Å². The van der Waals surface area contributed by atoms with E-state index in [1.807, 2.05) is 0 Å². The van der Waals surface area contributed by atoms with Crippen molar-refractivity contribution in [1.29, 1.82) is 0 Å². The summed E-state index contributed by atoms with van der Waals surface area (Å²) in [4.78, 5) is 0. The molecule has 0 saturated heterocycles. The SMILES string of the molecule is CCc1ccc(C)c(C(C)CC)c1I. The van der Waals surface area contributed by atoms with Gasteiger partial charge in [-0.1, -0.05) is 32.9 Å². The molecule has 0 spiro atoms. The first-order chi connectivity index (χ1) is 6.61. The highest BCUT2D eigenvalue weighted by Crippen LogP contribution is 2.30. The highest BCUT2D eigenvalue weighted by atomic mass is 127. The highest BCUT2D eigenvalue weighted by molar-refractivity contribution is 14.1. The van der Waals surface area contributed by atoms with Gasteiger partial charge in [-0.2, -0.15) is 0 Å². The van der Waals surface area contributed by atoms with Crippen molar-refractivity contribution in [1.82, 2.24) is 0 Å².